The molecule has 0 spiro atoms. The third kappa shape index (κ3) is 16.4. The molecule has 2 amide bonds. The monoisotopic (exact) mass is 582 g/mol. The van der Waals surface area contributed by atoms with Crippen LogP contribution in [-0.2, 0) is 31.0 Å². The fraction of sp³-hybridized carbons (Fsp3) is 0.481. The summed E-state index contributed by atoms with van der Waals surface area (Å²) in [6.45, 7) is 0. The highest BCUT2D eigenvalue weighted by atomic mass is 31.2. The van der Waals surface area contributed by atoms with Crippen LogP contribution < -0.4 is 10.6 Å². The highest BCUT2D eigenvalue weighted by Crippen LogP contribution is 2.39. The molecule has 0 aliphatic heterocycles. The van der Waals surface area contributed by atoms with Crippen molar-refractivity contribution in [1.29, 1.82) is 0 Å². The van der Waals surface area contributed by atoms with Gasteiger partial charge in [-0.3, -0.25) is 18.7 Å². The van der Waals surface area contributed by atoms with Gasteiger partial charge < -0.3 is 30.2 Å². The molecular weight excluding hydrogens is 542 g/mol. The van der Waals surface area contributed by atoms with Gasteiger partial charge in [0.25, 0.3) is 0 Å². The van der Waals surface area contributed by atoms with E-state index in [-0.39, 0.29) is 24.1 Å². The number of hydrogen-bond acceptors (Lipinski definition) is 4. The summed E-state index contributed by atoms with van der Waals surface area (Å²) in [6, 6.07) is 13.0. The van der Waals surface area contributed by atoms with E-state index in [0.717, 1.165) is 57.8 Å². The third-order valence-corrected chi connectivity index (χ3v) is 7.61. The number of nitrogens with one attached hydrogen (secondary N) is 2. The van der Waals surface area contributed by atoms with Gasteiger partial charge in [-0.25, -0.2) is 0 Å². The summed E-state index contributed by atoms with van der Waals surface area (Å²) in [5.74, 6) is -0.141. The molecule has 10 nitrogen and oxygen atoms in total. The van der Waals surface area contributed by atoms with Crippen LogP contribution in [0.4, 0.5) is 11.4 Å². The van der Waals surface area contributed by atoms with Gasteiger partial charge in [-0.1, -0.05) is 69.2 Å². The molecule has 0 unspecified atom stereocenters. The van der Waals surface area contributed by atoms with E-state index in [0.29, 0.717) is 35.3 Å². The summed E-state index contributed by atoms with van der Waals surface area (Å²) in [7, 11) is -8.21. The van der Waals surface area contributed by atoms with Gasteiger partial charge in [0.1, 0.15) is 0 Å². The van der Waals surface area contributed by atoms with E-state index in [2.05, 4.69) is 10.6 Å². The molecule has 0 aromatic heterocycles. The van der Waals surface area contributed by atoms with Crippen LogP contribution in [0.1, 0.15) is 81.8 Å². The maximum absolute atomic E-state index is 12.1. The molecule has 216 valence electrons. The van der Waals surface area contributed by atoms with Crippen molar-refractivity contribution in [2.75, 3.05) is 10.6 Å². The van der Waals surface area contributed by atoms with Crippen LogP contribution in [0.5, 0.6) is 0 Å². The van der Waals surface area contributed by atoms with E-state index in [1.54, 1.807) is 48.5 Å². The average Bonchev–Trinajstić information content (AvgIpc) is 2.83. The number of unbranched alkanes of at least 4 members (excludes halogenated alkanes) is 8. The van der Waals surface area contributed by atoms with Crippen LogP contribution in [0.25, 0.3) is 0 Å². The Balaban J connectivity index is 1.44. The van der Waals surface area contributed by atoms with Crippen LogP contribution in [0, 0.1) is 0 Å². The number of carbonyl (C=O) groups is 2. The Hall–Kier alpha value is -2.32. The van der Waals surface area contributed by atoms with E-state index >= 15 is 0 Å². The topological polar surface area (TPSA) is 173 Å². The maximum Gasteiger partial charge on any atom is 0.329 e. The lowest BCUT2D eigenvalue weighted by Crippen LogP contribution is -2.11. The van der Waals surface area contributed by atoms with Crippen molar-refractivity contribution in [3.63, 3.8) is 0 Å². The first-order valence-electron chi connectivity index (χ1n) is 13.3. The molecular formula is C27H40N2O8P2. The summed E-state index contributed by atoms with van der Waals surface area (Å²) in [4.78, 5) is 60.2. The van der Waals surface area contributed by atoms with Crippen molar-refractivity contribution < 1.29 is 38.3 Å². The first kappa shape index (κ1) is 32.9. The molecule has 0 saturated heterocycles. The van der Waals surface area contributed by atoms with E-state index in [9.17, 15) is 18.7 Å². The van der Waals surface area contributed by atoms with Crippen molar-refractivity contribution in [3.8, 4) is 0 Å². The molecule has 0 saturated carbocycles. The highest BCUT2D eigenvalue weighted by Gasteiger charge is 2.14. The molecule has 0 atom stereocenters. The summed E-state index contributed by atoms with van der Waals surface area (Å²) >= 11 is 0. The van der Waals surface area contributed by atoms with Crippen LogP contribution in [0.3, 0.4) is 0 Å². The molecule has 0 bridgehead atoms. The molecule has 2 aromatic rings. The lowest BCUT2D eigenvalue weighted by molar-refractivity contribution is -0.117. The van der Waals surface area contributed by atoms with Gasteiger partial charge in [0.15, 0.2) is 0 Å². The number of amides is 2. The quantitative estimate of drug-likeness (QED) is 0.0929. The fourth-order valence-electron chi connectivity index (χ4n) is 4.12. The van der Waals surface area contributed by atoms with Crippen molar-refractivity contribution in [1.82, 2.24) is 0 Å². The zero-order valence-corrected chi connectivity index (χ0v) is 23.9. The lowest BCUT2D eigenvalue weighted by Gasteiger charge is -2.08. The number of anilines is 2. The number of hydrogen-bond donors (Lipinski definition) is 6. The Kier molecular flexibility index (Phi) is 14.1. The predicted molar refractivity (Wildman–Crippen MR) is 152 cm³/mol. The summed E-state index contributed by atoms with van der Waals surface area (Å²) in [5, 5.41) is 5.61. The molecule has 2 rings (SSSR count). The normalized spacial score (nSPS) is 11.8. The molecule has 2 aromatic carbocycles. The Labute approximate surface area is 229 Å². The largest absolute Gasteiger partial charge is 0.329 e. The molecule has 6 N–H and O–H groups in total. The minimum atomic E-state index is -4.10. The zero-order chi connectivity index (χ0) is 28.7. The first-order chi connectivity index (χ1) is 18.4. The van der Waals surface area contributed by atoms with Crippen molar-refractivity contribution in [2.24, 2.45) is 0 Å². The van der Waals surface area contributed by atoms with E-state index in [4.69, 9.17) is 19.6 Å². The van der Waals surface area contributed by atoms with Crippen LogP contribution in [0.15, 0.2) is 48.5 Å². The number of benzene rings is 2. The number of rotatable bonds is 18. The first-order valence-corrected chi connectivity index (χ1v) is 16.9. The van der Waals surface area contributed by atoms with Gasteiger partial charge in [0, 0.05) is 24.2 Å². The lowest BCUT2D eigenvalue weighted by atomic mass is 10.1. The fourth-order valence-corrected chi connectivity index (χ4v) is 5.49. The Morgan fingerprint density at radius 3 is 1.08 bits per heavy atom. The second-order valence-electron chi connectivity index (χ2n) is 9.82. The summed E-state index contributed by atoms with van der Waals surface area (Å²) in [5.41, 5.74) is 2.27. The standard InChI is InChI=1S/C27H40N2O8P2/c30-26(28-24-16-12-22(13-17-24)20-38(32,33)34)10-8-6-4-2-1-3-5-7-9-11-27(31)29-25-18-14-23(15-19-25)21-39(35,36)37/h12-19H,1-11,20-21H2,(H,28,30)(H,29,31)(H2,32,33,34)(H2,35,36,37). The van der Waals surface area contributed by atoms with Gasteiger partial charge in [-0.05, 0) is 48.2 Å². The van der Waals surface area contributed by atoms with Gasteiger partial charge in [0.2, 0.25) is 11.8 Å². The van der Waals surface area contributed by atoms with Crippen molar-refractivity contribution >= 4 is 38.4 Å². The SMILES string of the molecule is O=C(CCCCCCCCCCCC(=O)Nc1ccc(CP(=O)(O)O)cc1)Nc1ccc(CP(=O)(O)O)cc1. The average molecular weight is 583 g/mol. The second kappa shape index (κ2) is 16.7. The molecule has 39 heavy (non-hydrogen) atoms. The van der Waals surface area contributed by atoms with E-state index in [1.165, 1.54) is 0 Å². The third-order valence-electron chi connectivity index (χ3n) is 6.06. The van der Waals surface area contributed by atoms with Crippen LogP contribution in [0.2, 0.25) is 0 Å². The summed E-state index contributed by atoms with van der Waals surface area (Å²) < 4.78 is 22.1. The maximum atomic E-state index is 12.1. The van der Waals surface area contributed by atoms with Gasteiger partial charge in [-0.2, -0.15) is 0 Å². The molecule has 0 fully saturated rings. The highest BCUT2D eigenvalue weighted by molar-refractivity contribution is 7.51. The van der Waals surface area contributed by atoms with Gasteiger partial charge in [0.05, 0.1) is 12.3 Å². The van der Waals surface area contributed by atoms with Crippen molar-refractivity contribution in [3.05, 3.63) is 59.7 Å². The molecule has 0 radical (unpaired) electrons. The van der Waals surface area contributed by atoms with E-state index < -0.39 is 15.2 Å². The van der Waals surface area contributed by atoms with Gasteiger partial charge >= 0.3 is 15.2 Å². The Bertz CT molecular complexity index is 1040. The van der Waals surface area contributed by atoms with E-state index in [1.807, 2.05) is 0 Å². The van der Waals surface area contributed by atoms with Gasteiger partial charge in [-0.15, -0.1) is 0 Å². The van der Waals surface area contributed by atoms with Crippen LogP contribution in [-0.4, -0.2) is 31.4 Å². The number of carbonyl (C=O) groups excluding carboxylic acids is 2. The second-order valence-corrected chi connectivity index (χ2v) is 13.1. The zero-order valence-electron chi connectivity index (χ0n) is 22.1. The molecule has 12 heteroatoms. The Morgan fingerprint density at radius 1 is 0.513 bits per heavy atom. The van der Waals surface area contributed by atoms with Crippen LogP contribution >= 0.6 is 15.2 Å². The minimum absolute atomic E-state index is 0.0707. The molecule has 0 aliphatic rings. The van der Waals surface area contributed by atoms with Crippen molar-refractivity contribution in [2.45, 2.75) is 83.0 Å². The smallest absolute Gasteiger partial charge is 0.326 e. The molecule has 0 aliphatic carbocycles. The minimum Gasteiger partial charge on any atom is -0.326 e. The molecule has 0 heterocycles. The predicted octanol–water partition coefficient (Wildman–Crippen LogP) is 5.91. The summed E-state index contributed by atoms with van der Waals surface area (Å²) in [6.07, 6.45) is 9.30. The Morgan fingerprint density at radius 2 is 0.795 bits per heavy atom.